The van der Waals surface area contributed by atoms with E-state index in [1.165, 1.54) is 12.1 Å². The number of benzene rings is 1. The highest BCUT2D eigenvalue weighted by Gasteiger charge is 2.05. The van der Waals surface area contributed by atoms with Crippen molar-refractivity contribution in [2.75, 3.05) is 6.61 Å². The van der Waals surface area contributed by atoms with E-state index in [4.69, 9.17) is 4.74 Å². The maximum Gasteiger partial charge on any atom is 0.165 e. The van der Waals surface area contributed by atoms with Crippen LogP contribution in [0.25, 0.3) is 0 Å². The summed E-state index contributed by atoms with van der Waals surface area (Å²) < 4.78 is 20.5. The third kappa shape index (κ3) is 2.94. The van der Waals surface area contributed by atoms with Crippen molar-refractivity contribution < 1.29 is 13.9 Å². The lowest BCUT2D eigenvalue weighted by Crippen LogP contribution is -2.02. The Bertz CT molecular complexity index is 552. The first-order chi connectivity index (χ1) is 8.69. The Labute approximate surface area is 104 Å². The molecule has 1 aromatic carbocycles. The van der Waals surface area contributed by atoms with E-state index in [9.17, 15) is 9.18 Å². The average Bonchev–Trinajstić information content (AvgIpc) is 2.77. The highest BCUT2D eigenvalue weighted by atomic mass is 19.1. The molecule has 0 atom stereocenters. The normalized spacial score (nSPS) is 10.3. The van der Waals surface area contributed by atoms with Gasteiger partial charge in [0.1, 0.15) is 6.29 Å². The zero-order valence-corrected chi connectivity index (χ0v) is 9.97. The van der Waals surface area contributed by atoms with E-state index in [0.717, 1.165) is 11.6 Å². The van der Waals surface area contributed by atoms with Gasteiger partial charge < -0.3 is 4.74 Å². The largest absolute Gasteiger partial charge is 0.490 e. The number of nitrogens with zero attached hydrogens (tertiary/aromatic N) is 2. The Balaban J connectivity index is 1.92. The van der Waals surface area contributed by atoms with Crippen LogP contribution in [0.2, 0.25) is 0 Å². The molecule has 0 radical (unpaired) electrons. The van der Waals surface area contributed by atoms with Gasteiger partial charge in [-0.15, -0.1) is 0 Å². The van der Waals surface area contributed by atoms with Crippen molar-refractivity contribution in [1.29, 1.82) is 0 Å². The summed E-state index contributed by atoms with van der Waals surface area (Å²) in [6.45, 7) is 0.364. The summed E-state index contributed by atoms with van der Waals surface area (Å²) in [4.78, 5) is 10.5. The molecule has 0 saturated heterocycles. The van der Waals surface area contributed by atoms with Gasteiger partial charge in [0.25, 0.3) is 0 Å². The number of carbonyl (C=O) groups excluding carboxylic acids is 1. The van der Waals surface area contributed by atoms with Crippen molar-refractivity contribution in [2.24, 2.45) is 7.05 Å². The van der Waals surface area contributed by atoms with Gasteiger partial charge in [-0.25, -0.2) is 4.39 Å². The van der Waals surface area contributed by atoms with Crippen LogP contribution in [0.3, 0.4) is 0 Å². The van der Waals surface area contributed by atoms with Crippen molar-refractivity contribution in [3.8, 4) is 5.75 Å². The van der Waals surface area contributed by atoms with Gasteiger partial charge in [-0.05, 0) is 23.8 Å². The summed E-state index contributed by atoms with van der Waals surface area (Å²) >= 11 is 0. The highest BCUT2D eigenvalue weighted by Crippen LogP contribution is 2.17. The highest BCUT2D eigenvalue weighted by molar-refractivity contribution is 5.74. The second-order valence-electron chi connectivity index (χ2n) is 3.93. The SMILES string of the molecule is Cn1cc(CCOc2ccc(C=O)cc2F)cn1. The summed E-state index contributed by atoms with van der Waals surface area (Å²) in [5.41, 5.74) is 1.33. The standard InChI is InChI=1S/C13H13FN2O2/c1-16-8-11(7-15-16)4-5-18-13-3-2-10(9-17)6-12(13)14/h2-3,6-9H,4-5H2,1H3. The molecule has 1 aromatic heterocycles. The molecule has 4 nitrogen and oxygen atoms in total. The number of carbonyl (C=O) groups is 1. The van der Waals surface area contributed by atoms with Crippen LogP contribution in [0, 0.1) is 5.82 Å². The Kier molecular flexibility index (Phi) is 3.72. The number of hydrogen-bond acceptors (Lipinski definition) is 3. The van der Waals surface area contributed by atoms with E-state index in [1.54, 1.807) is 10.9 Å². The summed E-state index contributed by atoms with van der Waals surface area (Å²) in [6, 6.07) is 4.14. The Morgan fingerprint density at radius 1 is 1.50 bits per heavy atom. The van der Waals surface area contributed by atoms with E-state index >= 15 is 0 Å². The first kappa shape index (κ1) is 12.3. The van der Waals surface area contributed by atoms with Gasteiger partial charge in [0.15, 0.2) is 11.6 Å². The van der Waals surface area contributed by atoms with Gasteiger partial charge in [-0.3, -0.25) is 9.48 Å². The molecule has 94 valence electrons. The van der Waals surface area contributed by atoms with Gasteiger partial charge in [0.2, 0.25) is 0 Å². The third-order valence-electron chi connectivity index (χ3n) is 2.50. The fraction of sp³-hybridized carbons (Fsp3) is 0.231. The van der Waals surface area contributed by atoms with E-state index in [-0.39, 0.29) is 5.75 Å². The number of rotatable bonds is 5. The third-order valence-corrected chi connectivity index (χ3v) is 2.50. The quantitative estimate of drug-likeness (QED) is 0.760. The predicted octanol–water partition coefficient (Wildman–Crippen LogP) is 1.99. The van der Waals surface area contributed by atoms with E-state index in [2.05, 4.69) is 5.10 Å². The van der Waals surface area contributed by atoms with Crippen LogP contribution in [-0.2, 0) is 13.5 Å². The minimum Gasteiger partial charge on any atom is -0.490 e. The van der Waals surface area contributed by atoms with Crippen LogP contribution in [0.15, 0.2) is 30.6 Å². The molecular formula is C13H13FN2O2. The maximum absolute atomic E-state index is 13.5. The predicted molar refractivity (Wildman–Crippen MR) is 64.2 cm³/mol. The fourth-order valence-corrected chi connectivity index (χ4v) is 1.59. The second-order valence-corrected chi connectivity index (χ2v) is 3.93. The van der Waals surface area contributed by atoms with E-state index in [0.29, 0.717) is 24.9 Å². The minimum atomic E-state index is -0.522. The van der Waals surface area contributed by atoms with Crippen molar-refractivity contribution in [3.63, 3.8) is 0 Å². The fourth-order valence-electron chi connectivity index (χ4n) is 1.59. The monoisotopic (exact) mass is 248 g/mol. The lowest BCUT2D eigenvalue weighted by atomic mass is 10.2. The van der Waals surface area contributed by atoms with Gasteiger partial charge in [-0.2, -0.15) is 5.10 Å². The lowest BCUT2D eigenvalue weighted by molar-refractivity contribution is 0.112. The maximum atomic E-state index is 13.5. The number of aldehydes is 1. The number of hydrogen-bond donors (Lipinski definition) is 0. The van der Waals surface area contributed by atoms with Crippen molar-refractivity contribution in [1.82, 2.24) is 9.78 Å². The second kappa shape index (κ2) is 5.44. The van der Waals surface area contributed by atoms with Gasteiger partial charge in [-0.1, -0.05) is 0 Å². The summed E-state index contributed by atoms with van der Waals surface area (Å²) in [5, 5.41) is 4.03. The Hall–Kier alpha value is -2.17. The van der Waals surface area contributed by atoms with Gasteiger partial charge in [0.05, 0.1) is 12.8 Å². The number of halogens is 1. The summed E-state index contributed by atoms with van der Waals surface area (Å²) in [7, 11) is 1.84. The summed E-state index contributed by atoms with van der Waals surface area (Å²) in [5.74, 6) is -0.365. The number of aryl methyl sites for hydroxylation is 1. The smallest absolute Gasteiger partial charge is 0.165 e. The Morgan fingerprint density at radius 3 is 2.94 bits per heavy atom. The topological polar surface area (TPSA) is 44.1 Å². The molecule has 0 unspecified atom stereocenters. The zero-order valence-electron chi connectivity index (χ0n) is 9.97. The Morgan fingerprint density at radius 2 is 2.33 bits per heavy atom. The number of aromatic nitrogens is 2. The molecule has 0 bridgehead atoms. The van der Waals surface area contributed by atoms with Crippen LogP contribution in [0.1, 0.15) is 15.9 Å². The molecule has 2 aromatic rings. The average molecular weight is 248 g/mol. The van der Waals surface area contributed by atoms with Crippen LogP contribution in [0.5, 0.6) is 5.75 Å². The van der Waals surface area contributed by atoms with Crippen LogP contribution in [0.4, 0.5) is 4.39 Å². The molecule has 5 heteroatoms. The molecule has 0 N–H and O–H groups in total. The first-order valence-corrected chi connectivity index (χ1v) is 5.54. The molecule has 0 spiro atoms. The first-order valence-electron chi connectivity index (χ1n) is 5.54. The van der Waals surface area contributed by atoms with E-state index in [1.807, 2.05) is 13.2 Å². The van der Waals surface area contributed by atoms with Crippen LogP contribution >= 0.6 is 0 Å². The molecule has 0 fully saturated rings. The van der Waals surface area contributed by atoms with Gasteiger partial charge in [0, 0.05) is 25.2 Å². The molecule has 2 rings (SSSR count). The molecule has 0 saturated carbocycles. The molecule has 18 heavy (non-hydrogen) atoms. The molecular weight excluding hydrogens is 235 g/mol. The van der Waals surface area contributed by atoms with Gasteiger partial charge >= 0.3 is 0 Å². The van der Waals surface area contributed by atoms with Crippen LogP contribution < -0.4 is 4.74 Å². The molecule has 1 heterocycles. The molecule has 0 aliphatic carbocycles. The lowest BCUT2D eigenvalue weighted by Gasteiger charge is -2.06. The molecule has 0 aliphatic rings. The zero-order chi connectivity index (χ0) is 13.0. The van der Waals surface area contributed by atoms with Crippen molar-refractivity contribution in [3.05, 3.63) is 47.5 Å². The number of ether oxygens (including phenoxy) is 1. The van der Waals surface area contributed by atoms with E-state index < -0.39 is 5.82 Å². The molecule has 0 aliphatic heterocycles. The minimum absolute atomic E-state index is 0.157. The summed E-state index contributed by atoms with van der Waals surface area (Å²) in [6.07, 6.45) is 4.88. The molecule has 0 amide bonds. The van der Waals surface area contributed by atoms with Crippen molar-refractivity contribution >= 4 is 6.29 Å². The van der Waals surface area contributed by atoms with Crippen molar-refractivity contribution in [2.45, 2.75) is 6.42 Å². The van der Waals surface area contributed by atoms with Crippen LogP contribution in [-0.4, -0.2) is 22.7 Å².